The summed E-state index contributed by atoms with van der Waals surface area (Å²) < 4.78 is 4.66. The van der Waals surface area contributed by atoms with Crippen LogP contribution in [0.2, 0.25) is 0 Å². The van der Waals surface area contributed by atoms with Gasteiger partial charge in [0.1, 0.15) is 0 Å². The fraction of sp³-hybridized carbons (Fsp3) is 0.429. The van der Waals surface area contributed by atoms with E-state index in [1.54, 1.807) is 13.4 Å². The molecule has 46 valence electrons. The molecule has 0 atom stereocenters. The molecular weight excluding hydrogens is 100 g/mol. The predicted molar refractivity (Wildman–Crippen MR) is 35.6 cm³/mol. The monoisotopic (exact) mass is 112 g/mol. The molecular formula is C7H12O. The van der Waals surface area contributed by atoms with Crippen molar-refractivity contribution in [3.05, 3.63) is 24.5 Å². The molecule has 0 aromatic carbocycles. The van der Waals surface area contributed by atoms with Gasteiger partial charge < -0.3 is 4.74 Å². The molecule has 0 aromatic heterocycles. The van der Waals surface area contributed by atoms with E-state index in [1.165, 1.54) is 0 Å². The molecule has 0 fully saturated rings. The molecule has 0 N–H and O–H groups in total. The highest BCUT2D eigenvalue weighted by Crippen LogP contribution is 1.80. The van der Waals surface area contributed by atoms with Crippen LogP contribution < -0.4 is 0 Å². The zero-order valence-electron chi connectivity index (χ0n) is 5.42. The van der Waals surface area contributed by atoms with E-state index in [4.69, 9.17) is 0 Å². The summed E-state index contributed by atoms with van der Waals surface area (Å²) >= 11 is 0. The van der Waals surface area contributed by atoms with Crippen molar-refractivity contribution in [2.45, 2.75) is 13.3 Å². The Hall–Kier alpha value is -0.720. The molecule has 0 heterocycles. The van der Waals surface area contributed by atoms with E-state index in [9.17, 15) is 0 Å². The summed E-state index contributed by atoms with van der Waals surface area (Å²) in [5, 5.41) is 0. The average Bonchev–Trinajstić information content (AvgIpc) is 1.81. The van der Waals surface area contributed by atoms with Gasteiger partial charge in [-0.2, -0.15) is 0 Å². The Morgan fingerprint density at radius 1 is 1.38 bits per heavy atom. The molecule has 1 nitrogen and oxygen atoms in total. The number of hydrogen-bond donors (Lipinski definition) is 0. The van der Waals surface area contributed by atoms with Crippen molar-refractivity contribution in [2.75, 3.05) is 7.11 Å². The molecule has 0 aromatic rings. The Balaban J connectivity index is 3.13. The number of allylic oxidation sites excluding steroid dienone is 3. The Morgan fingerprint density at radius 2 is 2.12 bits per heavy atom. The van der Waals surface area contributed by atoms with Gasteiger partial charge in [0, 0.05) is 0 Å². The van der Waals surface area contributed by atoms with E-state index in [-0.39, 0.29) is 0 Å². The van der Waals surface area contributed by atoms with Crippen LogP contribution in [0.25, 0.3) is 0 Å². The lowest BCUT2D eigenvalue weighted by molar-refractivity contribution is 0.338. The zero-order valence-corrected chi connectivity index (χ0v) is 5.42. The van der Waals surface area contributed by atoms with Crippen LogP contribution in [0.15, 0.2) is 24.5 Å². The molecule has 1 heteroatoms. The standard InChI is InChI=1S/C7H12O/c1-3-4-5-6-7-8-2/h4-7H,3H2,1-2H3/b5-4+,7-6+. The minimum Gasteiger partial charge on any atom is -0.504 e. The highest BCUT2D eigenvalue weighted by atomic mass is 16.5. The molecule has 0 aliphatic rings. The van der Waals surface area contributed by atoms with Gasteiger partial charge in [-0.05, 0) is 12.5 Å². The van der Waals surface area contributed by atoms with Crippen molar-refractivity contribution in [3.63, 3.8) is 0 Å². The van der Waals surface area contributed by atoms with Crippen LogP contribution in [0.1, 0.15) is 13.3 Å². The first-order valence-electron chi connectivity index (χ1n) is 2.76. The van der Waals surface area contributed by atoms with Gasteiger partial charge in [-0.15, -0.1) is 0 Å². The van der Waals surface area contributed by atoms with E-state index in [1.807, 2.05) is 12.2 Å². The molecule has 0 saturated carbocycles. The summed E-state index contributed by atoms with van der Waals surface area (Å²) in [6.45, 7) is 2.09. The van der Waals surface area contributed by atoms with Gasteiger partial charge in [0.25, 0.3) is 0 Å². The van der Waals surface area contributed by atoms with E-state index in [0.29, 0.717) is 0 Å². The van der Waals surface area contributed by atoms with Crippen LogP contribution in [0.3, 0.4) is 0 Å². The summed E-state index contributed by atoms with van der Waals surface area (Å²) in [4.78, 5) is 0. The van der Waals surface area contributed by atoms with Gasteiger partial charge >= 0.3 is 0 Å². The van der Waals surface area contributed by atoms with Crippen molar-refractivity contribution in [3.8, 4) is 0 Å². The fourth-order valence-electron chi connectivity index (χ4n) is 0.339. The Kier molecular flexibility index (Phi) is 5.71. The predicted octanol–water partition coefficient (Wildman–Crippen LogP) is 2.11. The highest BCUT2D eigenvalue weighted by Gasteiger charge is 1.61. The molecule has 0 rings (SSSR count). The van der Waals surface area contributed by atoms with Crippen LogP contribution in [0.5, 0.6) is 0 Å². The van der Waals surface area contributed by atoms with Gasteiger partial charge in [-0.25, -0.2) is 0 Å². The molecule has 8 heavy (non-hydrogen) atoms. The van der Waals surface area contributed by atoms with Crippen LogP contribution in [-0.4, -0.2) is 7.11 Å². The minimum atomic E-state index is 1.08. The smallest absolute Gasteiger partial charge is 0.0824 e. The van der Waals surface area contributed by atoms with Crippen LogP contribution in [0, 0.1) is 0 Å². The number of methoxy groups -OCH3 is 1. The van der Waals surface area contributed by atoms with Crippen molar-refractivity contribution in [1.82, 2.24) is 0 Å². The van der Waals surface area contributed by atoms with Crippen LogP contribution >= 0.6 is 0 Å². The molecule has 0 aliphatic heterocycles. The second kappa shape index (κ2) is 6.28. The van der Waals surface area contributed by atoms with Crippen LogP contribution in [-0.2, 0) is 4.74 Å². The third-order valence-electron chi connectivity index (χ3n) is 0.698. The van der Waals surface area contributed by atoms with Gasteiger partial charge in [0.15, 0.2) is 0 Å². The minimum absolute atomic E-state index is 1.08. The number of rotatable bonds is 3. The molecule has 0 saturated heterocycles. The third-order valence-corrected chi connectivity index (χ3v) is 0.698. The van der Waals surface area contributed by atoms with Crippen molar-refractivity contribution in [2.24, 2.45) is 0 Å². The first-order chi connectivity index (χ1) is 3.91. The molecule has 0 unspecified atom stereocenters. The lowest BCUT2D eigenvalue weighted by Crippen LogP contribution is -1.60. The fourth-order valence-corrected chi connectivity index (χ4v) is 0.339. The largest absolute Gasteiger partial charge is 0.504 e. The maximum atomic E-state index is 4.66. The summed E-state index contributed by atoms with van der Waals surface area (Å²) in [7, 11) is 1.64. The van der Waals surface area contributed by atoms with Gasteiger partial charge in [0.2, 0.25) is 0 Å². The maximum absolute atomic E-state index is 4.66. The SMILES string of the molecule is CC/C=C/C=C/OC. The summed E-state index contributed by atoms with van der Waals surface area (Å²) in [6, 6.07) is 0. The van der Waals surface area contributed by atoms with Gasteiger partial charge in [-0.1, -0.05) is 19.1 Å². The van der Waals surface area contributed by atoms with Crippen molar-refractivity contribution in [1.29, 1.82) is 0 Å². The van der Waals surface area contributed by atoms with E-state index in [2.05, 4.69) is 17.7 Å². The summed E-state index contributed by atoms with van der Waals surface area (Å²) in [5.74, 6) is 0. The van der Waals surface area contributed by atoms with Crippen molar-refractivity contribution < 1.29 is 4.74 Å². The number of ether oxygens (including phenoxy) is 1. The van der Waals surface area contributed by atoms with E-state index < -0.39 is 0 Å². The zero-order chi connectivity index (χ0) is 6.24. The Morgan fingerprint density at radius 3 is 2.62 bits per heavy atom. The molecule has 0 radical (unpaired) electrons. The van der Waals surface area contributed by atoms with E-state index in [0.717, 1.165) is 6.42 Å². The second-order valence-corrected chi connectivity index (χ2v) is 1.40. The van der Waals surface area contributed by atoms with Crippen molar-refractivity contribution >= 4 is 0 Å². The van der Waals surface area contributed by atoms with Gasteiger partial charge in [0.05, 0.1) is 13.4 Å². The highest BCUT2D eigenvalue weighted by molar-refractivity contribution is 4.98. The molecule has 0 bridgehead atoms. The van der Waals surface area contributed by atoms with Crippen LogP contribution in [0.4, 0.5) is 0 Å². The number of hydrogen-bond acceptors (Lipinski definition) is 1. The summed E-state index contributed by atoms with van der Waals surface area (Å²) in [5.41, 5.74) is 0. The Labute approximate surface area is 50.7 Å². The second-order valence-electron chi connectivity index (χ2n) is 1.40. The quantitative estimate of drug-likeness (QED) is 0.401. The topological polar surface area (TPSA) is 9.23 Å². The molecule has 0 aliphatic carbocycles. The van der Waals surface area contributed by atoms with Gasteiger partial charge in [-0.3, -0.25) is 0 Å². The first-order valence-corrected chi connectivity index (χ1v) is 2.76. The normalized spacial score (nSPS) is 11.2. The average molecular weight is 112 g/mol. The lowest BCUT2D eigenvalue weighted by Gasteiger charge is -1.79. The molecule has 0 spiro atoms. The Bertz CT molecular complexity index is 70.4. The van der Waals surface area contributed by atoms with E-state index >= 15 is 0 Å². The molecule has 0 amide bonds. The maximum Gasteiger partial charge on any atom is 0.0824 e. The summed E-state index contributed by atoms with van der Waals surface area (Å²) in [6.07, 6.45) is 8.61. The third kappa shape index (κ3) is 5.28. The first kappa shape index (κ1) is 7.28. The lowest BCUT2D eigenvalue weighted by atomic mass is 10.4.